The van der Waals surface area contributed by atoms with Crippen LogP contribution >= 0.6 is 0 Å². The summed E-state index contributed by atoms with van der Waals surface area (Å²) in [5, 5.41) is 13.2. The van der Waals surface area contributed by atoms with Gasteiger partial charge in [0.2, 0.25) is 0 Å². The summed E-state index contributed by atoms with van der Waals surface area (Å²) in [5.74, 6) is 0.827. The molecule has 0 aromatic heterocycles. The summed E-state index contributed by atoms with van der Waals surface area (Å²) in [6.45, 7) is 10.4. The summed E-state index contributed by atoms with van der Waals surface area (Å²) >= 11 is 0. The SMILES string of the molecule is CCCNCc1cc(C)ccc1OCC(O)COC(C)C. The van der Waals surface area contributed by atoms with Crippen LogP contribution in [0.2, 0.25) is 0 Å². The molecule has 1 aromatic carbocycles. The van der Waals surface area contributed by atoms with E-state index in [1.807, 2.05) is 26.0 Å². The lowest BCUT2D eigenvalue weighted by Gasteiger charge is -2.17. The Morgan fingerprint density at radius 2 is 2.00 bits per heavy atom. The van der Waals surface area contributed by atoms with Crippen LogP contribution < -0.4 is 10.1 Å². The van der Waals surface area contributed by atoms with Gasteiger partial charge in [-0.15, -0.1) is 0 Å². The van der Waals surface area contributed by atoms with Crippen molar-refractivity contribution >= 4 is 0 Å². The molecule has 0 heterocycles. The van der Waals surface area contributed by atoms with Crippen LogP contribution in [0.5, 0.6) is 5.75 Å². The topological polar surface area (TPSA) is 50.7 Å². The first-order valence-electron chi connectivity index (χ1n) is 7.75. The lowest BCUT2D eigenvalue weighted by molar-refractivity contribution is -0.0124. The van der Waals surface area contributed by atoms with Gasteiger partial charge in [-0.1, -0.05) is 24.6 Å². The smallest absolute Gasteiger partial charge is 0.123 e. The lowest BCUT2D eigenvalue weighted by atomic mass is 10.1. The summed E-state index contributed by atoms with van der Waals surface area (Å²) in [5.41, 5.74) is 2.33. The summed E-state index contributed by atoms with van der Waals surface area (Å²) in [6, 6.07) is 6.11. The van der Waals surface area contributed by atoms with Crippen LogP contribution in [-0.2, 0) is 11.3 Å². The summed E-state index contributed by atoms with van der Waals surface area (Å²) < 4.78 is 11.1. The van der Waals surface area contributed by atoms with E-state index < -0.39 is 6.10 Å². The highest BCUT2D eigenvalue weighted by molar-refractivity contribution is 5.36. The fraction of sp³-hybridized carbons (Fsp3) is 0.647. The molecule has 120 valence electrons. The molecule has 0 aliphatic heterocycles. The Morgan fingerprint density at radius 3 is 2.67 bits per heavy atom. The Kier molecular flexibility index (Phi) is 8.35. The molecule has 0 spiro atoms. The Balaban J connectivity index is 2.52. The van der Waals surface area contributed by atoms with Gasteiger partial charge < -0.3 is 19.9 Å². The zero-order valence-electron chi connectivity index (χ0n) is 13.7. The van der Waals surface area contributed by atoms with Gasteiger partial charge in [0.15, 0.2) is 0 Å². The zero-order valence-corrected chi connectivity index (χ0v) is 13.7. The van der Waals surface area contributed by atoms with E-state index in [2.05, 4.69) is 25.2 Å². The Labute approximate surface area is 128 Å². The van der Waals surface area contributed by atoms with Crippen molar-refractivity contribution < 1.29 is 14.6 Å². The standard InChI is InChI=1S/C17H29NO3/c1-5-8-18-10-15-9-14(4)6-7-17(15)21-12-16(19)11-20-13(2)3/h6-7,9,13,16,18-19H,5,8,10-12H2,1-4H3. The predicted octanol–water partition coefficient (Wildman–Crippen LogP) is 2.66. The molecular weight excluding hydrogens is 266 g/mol. The van der Waals surface area contributed by atoms with E-state index in [0.29, 0.717) is 6.61 Å². The van der Waals surface area contributed by atoms with E-state index in [4.69, 9.17) is 9.47 Å². The van der Waals surface area contributed by atoms with Gasteiger partial charge >= 0.3 is 0 Å². The van der Waals surface area contributed by atoms with Crippen LogP contribution in [0.4, 0.5) is 0 Å². The number of aryl methyl sites for hydroxylation is 1. The monoisotopic (exact) mass is 295 g/mol. The fourth-order valence-electron chi connectivity index (χ4n) is 1.92. The molecule has 21 heavy (non-hydrogen) atoms. The maximum absolute atomic E-state index is 9.85. The number of benzene rings is 1. The number of aliphatic hydroxyl groups excluding tert-OH is 1. The number of nitrogens with one attached hydrogen (secondary N) is 1. The minimum Gasteiger partial charge on any atom is -0.490 e. The zero-order chi connectivity index (χ0) is 15.7. The minimum absolute atomic E-state index is 0.118. The molecule has 0 saturated carbocycles. The van der Waals surface area contributed by atoms with Crippen molar-refractivity contribution in [3.05, 3.63) is 29.3 Å². The van der Waals surface area contributed by atoms with E-state index in [1.165, 1.54) is 5.56 Å². The van der Waals surface area contributed by atoms with Crippen molar-refractivity contribution in [2.45, 2.75) is 52.9 Å². The van der Waals surface area contributed by atoms with E-state index in [-0.39, 0.29) is 12.7 Å². The van der Waals surface area contributed by atoms with Gasteiger partial charge in [-0.3, -0.25) is 0 Å². The van der Waals surface area contributed by atoms with Crippen LogP contribution in [0.3, 0.4) is 0 Å². The molecule has 4 heteroatoms. The lowest BCUT2D eigenvalue weighted by Crippen LogP contribution is -2.25. The number of ether oxygens (including phenoxy) is 2. The molecule has 0 aliphatic carbocycles. The third kappa shape index (κ3) is 7.46. The summed E-state index contributed by atoms with van der Waals surface area (Å²) in [4.78, 5) is 0. The van der Waals surface area contributed by atoms with Crippen molar-refractivity contribution in [2.75, 3.05) is 19.8 Å². The van der Waals surface area contributed by atoms with E-state index in [9.17, 15) is 5.11 Å². The fourth-order valence-corrected chi connectivity index (χ4v) is 1.92. The summed E-state index contributed by atoms with van der Waals surface area (Å²) in [6.07, 6.45) is 0.616. The first-order chi connectivity index (χ1) is 10.0. The maximum Gasteiger partial charge on any atom is 0.123 e. The van der Waals surface area contributed by atoms with Crippen LogP contribution in [-0.4, -0.2) is 37.1 Å². The van der Waals surface area contributed by atoms with E-state index >= 15 is 0 Å². The number of rotatable bonds is 10. The van der Waals surface area contributed by atoms with Crippen molar-refractivity contribution in [1.29, 1.82) is 0 Å². The van der Waals surface area contributed by atoms with Crippen LogP contribution in [0.15, 0.2) is 18.2 Å². The van der Waals surface area contributed by atoms with Crippen molar-refractivity contribution in [2.24, 2.45) is 0 Å². The van der Waals surface area contributed by atoms with Gasteiger partial charge in [-0.05, 0) is 39.8 Å². The van der Waals surface area contributed by atoms with Gasteiger partial charge in [0.1, 0.15) is 18.5 Å². The van der Waals surface area contributed by atoms with Gasteiger partial charge in [-0.25, -0.2) is 0 Å². The first-order valence-corrected chi connectivity index (χ1v) is 7.75. The molecule has 0 fully saturated rings. The van der Waals surface area contributed by atoms with E-state index in [1.54, 1.807) is 0 Å². The maximum atomic E-state index is 9.85. The predicted molar refractivity (Wildman–Crippen MR) is 85.8 cm³/mol. The molecule has 1 rings (SSSR count). The van der Waals surface area contributed by atoms with Crippen LogP contribution in [0, 0.1) is 6.92 Å². The Morgan fingerprint density at radius 1 is 1.24 bits per heavy atom. The Bertz CT molecular complexity index is 407. The highest BCUT2D eigenvalue weighted by Crippen LogP contribution is 2.20. The second-order valence-corrected chi connectivity index (χ2v) is 5.63. The van der Waals surface area contributed by atoms with Gasteiger partial charge in [-0.2, -0.15) is 0 Å². The second-order valence-electron chi connectivity index (χ2n) is 5.63. The van der Waals surface area contributed by atoms with Crippen LogP contribution in [0.1, 0.15) is 38.3 Å². The molecule has 0 saturated heterocycles. The average Bonchev–Trinajstić information content (AvgIpc) is 2.44. The van der Waals surface area contributed by atoms with Gasteiger partial charge in [0.05, 0.1) is 12.7 Å². The molecule has 0 aliphatic rings. The van der Waals surface area contributed by atoms with Crippen LogP contribution in [0.25, 0.3) is 0 Å². The highest BCUT2D eigenvalue weighted by atomic mass is 16.5. The molecule has 1 atom stereocenters. The van der Waals surface area contributed by atoms with Crippen molar-refractivity contribution in [3.63, 3.8) is 0 Å². The summed E-state index contributed by atoms with van der Waals surface area (Å²) in [7, 11) is 0. The van der Waals surface area contributed by atoms with Gasteiger partial charge in [0.25, 0.3) is 0 Å². The molecule has 4 nitrogen and oxygen atoms in total. The van der Waals surface area contributed by atoms with Crippen molar-refractivity contribution in [1.82, 2.24) is 5.32 Å². The molecular formula is C17H29NO3. The molecule has 1 aromatic rings. The van der Waals surface area contributed by atoms with E-state index in [0.717, 1.165) is 30.8 Å². The first kappa shape index (κ1) is 18.0. The quantitative estimate of drug-likeness (QED) is 0.652. The average molecular weight is 295 g/mol. The van der Waals surface area contributed by atoms with Gasteiger partial charge in [0, 0.05) is 12.1 Å². The number of aliphatic hydroxyl groups is 1. The third-order valence-corrected chi connectivity index (χ3v) is 3.01. The number of hydrogen-bond acceptors (Lipinski definition) is 4. The third-order valence-electron chi connectivity index (χ3n) is 3.01. The number of hydrogen-bond donors (Lipinski definition) is 2. The molecule has 2 N–H and O–H groups in total. The second kappa shape index (κ2) is 9.77. The van der Waals surface area contributed by atoms with Crippen molar-refractivity contribution in [3.8, 4) is 5.75 Å². The highest BCUT2D eigenvalue weighted by Gasteiger charge is 2.09. The Hall–Kier alpha value is -1.10. The normalized spacial score (nSPS) is 12.7. The molecule has 1 unspecified atom stereocenters. The minimum atomic E-state index is -0.606. The molecule has 0 amide bonds. The molecule has 0 bridgehead atoms. The molecule has 0 radical (unpaired) electrons. The largest absolute Gasteiger partial charge is 0.490 e.